The summed E-state index contributed by atoms with van der Waals surface area (Å²) >= 11 is 0. The Morgan fingerprint density at radius 1 is 1.11 bits per heavy atom. The molecule has 1 N–H and O–H groups in total. The number of para-hydroxylation sites is 1. The smallest absolute Gasteiger partial charge is 0.265 e. The summed E-state index contributed by atoms with van der Waals surface area (Å²) in [6.45, 7) is 11.5. The number of carbonyl (C=O) groups excluding carboxylic acids is 1. The van der Waals surface area contributed by atoms with E-state index in [-0.39, 0.29) is 5.91 Å². The van der Waals surface area contributed by atoms with E-state index >= 15 is 0 Å². The second-order valence-corrected chi connectivity index (χ2v) is 6.98. The number of piperazine rings is 1. The van der Waals surface area contributed by atoms with Gasteiger partial charge in [0, 0.05) is 37.6 Å². The monoisotopic (exact) mass is 367 g/mol. The van der Waals surface area contributed by atoms with Gasteiger partial charge in [-0.2, -0.15) is 0 Å². The van der Waals surface area contributed by atoms with Crippen molar-refractivity contribution in [3.8, 4) is 5.75 Å². The molecule has 0 saturated carbocycles. The molecule has 0 bridgehead atoms. The van der Waals surface area contributed by atoms with E-state index in [0.29, 0.717) is 5.75 Å². The van der Waals surface area contributed by atoms with E-state index in [9.17, 15) is 4.79 Å². The molecule has 1 aliphatic heterocycles. The molecule has 0 aromatic heterocycles. The molecule has 2 aromatic rings. The molecule has 0 radical (unpaired) electrons. The topological polar surface area (TPSA) is 44.8 Å². The Balaban J connectivity index is 1.59. The van der Waals surface area contributed by atoms with Crippen LogP contribution in [0.3, 0.4) is 0 Å². The highest BCUT2D eigenvalue weighted by atomic mass is 16.5. The summed E-state index contributed by atoms with van der Waals surface area (Å²) in [4.78, 5) is 17.3. The second kappa shape index (κ2) is 8.91. The maximum absolute atomic E-state index is 12.4. The number of hydrogen-bond acceptors (Lipinski definition) is 4. The van der Waals surface area contributed by atoms with Crippen LogP contribution in [-0.4, -0.2) is 49.6 Å². The standard InChI is InChI=1S/C22H29N3O2/c1-4-24-12-14-25(15-13-24)21-11-10-19(16-17(21)2)23-22(26)18(3)27-20-8-6-5-7-9-20/h5-11,16,18H,4,12-15H2,1-3H3,(H,23,26)/t18-/m1/s1. The lowest BCUT2D eigenvalue weighted by molar-refractivity contribution is -0.122. The second-order valence-electron chi connectivity index (χ2n) is 6.98. The van der Waals surface area contributed by atoms with Crippen LogP contribution in [-0.2, 0) is 4.79 Å². The number of ether oxygens (including phenoxy) is 1. The van der Waals surface area contributed by atoms with Crippen LogP contribution in [0.15, 0.2) is 48.5 Å². The fourth-order valence-corrected chi connectivity index (χ4v) is 3.39. The minimum Gasteiger partial charge on any atom is -0.481 e. The van der Waals surface area contributed by atoms with Crippen LogP contribution in [0.25, 0.3) is 0 Å². The molecule has 0 unspecified atom stereocenters. The maximum atomic E-state index is 12.4. The molecule has 1 amide bonds. The lowest BCUT2D eigenvalue weighted by atomic mass is 10.1. The van der Waals surface area contributed by atoms with Crippen molar-refractivity contribution in [3.05, 3.63) is 54.1 Å². The van der Waals surface area contributed by atoms with Crippen molar-refractivity contribution in [1.29, 1.82) is 0 Å². The van der Waals surface area contributed by atoms with Crippen LogP contribution in [0.1, 0.15) is 19.4 Å². The number of likely N-dealkylation sites (N-methyl/N-ethyl adjacent to an activating group) is 1. The van der Waals surface area contributed by atoms with Crippen molar-refractivity contribution >= 4 is 17.3 Å². The maximum Gasteiger partial charge on any atom is 0.265 e. The Hall–Kier alpha value is -2.53. The molecule has 1 fully saturated rings. The Bertz CT molecular complexity index is 755. The first-order valence-electron chi connectivity index (χ1n) is 9.67. The van der Waals surface area contributed by atoms with Crippen molar-refractivity contribution in [2.75, 3.05) is 42.9 Å². The molecule has 2 aromatic carbocycles. The summed E-state index contributed by atoms with van der Waals surface area (Å²) in [6.07, 6.45) is -0.561. The fraction of sp³-hybridized carbons (Fsp3) is 0.409. The van der Waals surface area contributed by atoms with E-state index in [1.54, 1.807) is 6.92 Å². The lowest BCUT2D eigenvalue weighted by Crippen LogP contribution is -2.46. The normalized spacial score (nSPS) is 16.0. The highest BCUT2D eigenvalue weighted by Gasteiger charge is 2.18. The Morgan fingerprint density at radius 2 is 1.81 bits per heavy atom. The zero-order valence-corrected chi connectivity index (χ0v) is 16.4. The SMILES string of the molecule is CCN1CCN(c2ccc(NC(=O)[C@@H](C)Oc3ccccc3)cc2C)CC1. The van der Waals surface area contributed by atoms with Crippen molar-refractivity contribution < 1.29 is 9.53 Å². The van der Waals surface area contributed by atoms with Crippen molar-refractivity contribution in [2.24, 2.45) is 0 Å². The molecule has 0 aliphatic carbocycles. The molecule has 1 aliphatic rings. The van der Waals surface area contributed by atoms with E-state index in [1.807, 2.05) is 42.5 Å². The van der Waals surface area contributed by atoms with E-state index < -0.39 is 6.10 Å². The van der Waals surface area contributed by atoms with Crippen LogP contribution < -0.4 is 15.0 Å². The molecule has 1 saturated heterocycles. The average Bonchev–Trinajstić information content (AvgIpc) is 2.69. The van der Waals surface area contributed by atoms with Gasteiger partial charge in [-0.3, -0.25) is 4.79 Å². The summed E-state index contributed by atoms with van der Waals surface area (Å²) in [6, 6.07) is 15.5. The molecule has 5 heteroatoms. The molecule has 27 heavy (non-hydrogen) atoms. The van der Waals surface area contributed by atoms with Gasteiger partial charge in [-0.05, 0) is 56.3 Å². The first-order chi connectivity index (χ1) is 13.1. The molecule has 3 rings (SSSR count). The number of rotatable bonds is 6. The molecule has 0 spiro atoms. The van der Waals surface area contributed by atoms with Gasteiger partial charge in [-0.1, -0.05) is 25.1 Å². The van der Waals surface area contributed by atoms with Gasteiger partial charge in [0.05, 0.1) is 0 Å². The first-order valence-corrected chi connectivity index (χ1v) is 9.67. The van der Waals surface area contributed by atoms with Gasteiger partial charge in [0.1, 0.15) is 5.75 Å². The number of benzene rings is 2. The summed E-state index contributed by atoms with van der Waals surface area (Å²) in [5, 5.41) is 2.96. The zero-order valence-electron chi connectivity index (χ0n) is 16.4. The first kappa shape index (κ1) is 19.2. The quantitative estimate of drug-likeness (QED) is 0.848. The molecule has 5 nitrogen and oxygen atoms in total. The summed E-state index contributed by atoms with van der Waals surface area (Å²) in [7, 11) is 0. The third kappa shape index (κ3) is 5.01. The average molecular weight is 367 g/mol. The lowest BCUT2D eigenvalue weighted by Gasteiger charge is -2.36. The van der Waals surface area contributed by atoms with Gasteiger partial charge in [-0.15, -0.1) is 0 Å². The molecule has 1 atom stereocenters. The van der Waals surface area contributed by atoms with Gasteiger partial charge in [0.25, 0.3) is 5.91 Å². The van der Waals surface area contributed by atoms with Gasteiger partial charge in [-0.25, -0.2) is 0 Å². The molecule has 144 valence electrons. The van der Waals surface area contributed by atoms with Crippen LogP contribution in [0.2, 0.25) is 0 Å². The number of aryl methyl sites for hydroxylation is 1. The summed E-state index contributed by atoms with van der Waals surface area (Å²) < 4.78 is 5.69. The number of nitrogens with zero attached hydrogens (tertiary/aromatic N) is 2. The van der Waals surface area contributed by atoms with Gasteiger partial charge in [0.15, 0.2) is 6.10 Å². The van der Waals surface area contributed by atoms with Crippen molar-refractivity contribution in [1.82, 2.24) is 4.90 Å². The predicted molar refractivity (Wildman–Crippen MR) is 111 cm³/mol. The van der Waals surface area contributed by atoms with Crippen LogP contribution in [0, 0.1) is 6.92 Å². The summed E-state index contributed by atoms with van der Waals surface area (Å²) in [5.74, 6) is 0.542. The predicted octanol–water partition coefficient (Wildman–Crippen LogP) is 3.54. The Morgan fingerprint density at radius 3 is 2.44 bits per heavy atom. The number of amides is 1. The molecule has 1 heterocycles. The van der Waals surface area contributed by atoms with Crippen LogP contribution >= 0.6 is 0 Å². The van der Waals surface area contributed by atoms with E-state index in [1.165, 1.54) is 11.3 Å². The van der Waals surface area contributed by atoms with Crippen molar-refractivity contribution in [2.45, 2.75) is 26.9 Å². The van der Waals surface area contributed by atoms with Gasteiger partial charge >= 0.3 is 0 Å². The third-order valence-electron chi connectivity index (χ3n) is 5.05. The van der Waals surface area contributed by atoms with Crippen LogP contribution in [0.4, 0.5) is 11.4 Å². The number of anilines is 2. The minimum atomic E-state index is -0.561. The third-order valence-corrected chi connectivity index (χ3v) is 5.05. The van der Waals surface area contributed by atoms with E-state index in [2.05, 4.69) is 35.0 Å². The van der Waals surface area contributed by atoms with E-state index in [0.717, 1.165) is 38.4 Å². The fourth-order valence-electron chi connectivity index (χ4n) is 3.39. The number of carbonyl (C=O) groups is 1. The largest absolute Gasteiger partial charge is 0.481 e. The number of hydrogen-bond donors (Lipinski definition) is 1. The highest BCUT2D eigenvalue weighted by Crippen LogP contribution is 2.25. The minimum absolute atomic E-state index is 0.150. The van der Waals surface area contributed by atoms with Crippen molar-refractivity contribution in [3.63, 3.8) is 0 Å². The highest BCUT2D eigenvalue weighted by molar-refractivity contribution is 5.94. The van der Waals surface area contributed by atoms with Crippen LogP contribution in [0.5, 0.6) is 5.75 Å². The van der Waals surface area contributed by atoms with Gasteiger partial charge in [0.2, 0.25) is 0 Å². The zero-order chi connectivity index (χ0) is 19.2. The number of nitrogens with one attached hydrogen (secondary N) is 1. The molecular formula is C22H29N3O2. The Labute approximate surface area is 161 Å². The van der Waals surface area contributed by atoms with Gasteiger partial charge < -0.3 is 19.9 Å². The molecular weight excluding hydrogens is 338 g/mol. The Kier molecular flexibility index (Phi) is 6.35. The summed E-state index contributed by atoms with van der Waals surface area (Å²) in [5.41, 5.74) is 3.23. The van der Waals surface area contributed by atoms with E-state index in [4.69, 9.17) is 4.74 Å².